The molecule has 0 aliphatic heterocycles. The van der Waals surface area contributed by atoms with Crippen molar-refractivity contribution in [3.63, 3.8) is 0 Å². The van der Waals surface area contributed by atoms with E-state index in [-0.39, 0.29) is 17.5 Å². The maximum atomic E-state index is 13.8. The predicted molar refractivity (Wildman–Crippen MR) is 106 cm³/mol. The number of hydrogen-bond acceptors (Lipinski definition) is 4. The highest BCUT2D eigenvalue weighted by atomic mass is 35.5. The van der Waals surface area contributed by atoms with Crippen LogP contribution in [0.3, 0.4) is 0 Å². The minimum Gasteiger partial charge on any atom is -0.437 e. The van der Waals surface area contributed by atoms with E-state index in [0.29, 0.717) is 16.7 Å². The monoisotopic (exact) mass is 397 g/mol. The third-order valence-corrected chi connectivity index (χ3v) is 4.09. The average Bonchev–Trinajstić information content (AvgIpc) is 2.68. The molecule has 0 saturated heterocycles. The quantitative estimate of drug-likeness (QED) is 0.597. The van der Waals surface area contributed by atoms with Crippen molar-refractivity contribution in [1.29, 1.82) is 0 Å². The Morgan fingerprint density at radius 3 is 2.86 bits per heavy atom. The van der Waals surface area contributed by atoms with Crippen molar-refractivity contribution >= 4 is 23.6 Å². The molecule has 1 aromatic heterocycles. The highest BCUT2D eigenvalue weighted by molar-refractivity contribution is 6.30. The van der Waals surface area contributed by atoms with E-state index in [0.717, 1.165) is 5.56 Å². The lowest BCUT2D eigenvalue weighted by Crippen LogP contribution is -2.24. The van der Waals surface area contributed by atoms with Crippen LogP contribution in [0.1, 0.15) is 24.1 Å². The zero-order valence-corrected chi connectivity index (χ0v) is 15.7. The third kappa shape index (κ3) is 5.37. The Kier molecular flexibility index (Phi) is 6.34. The minimum absolute atomic E-state index is 0.280. The summed E-state index contributed by atoms with van der Waals surface area (Å²) in [6.07, 6.45) is 7.30. The maximum absolute atomic E-state index is 13.8. The Labute approximate surface area is 166 Å². The molecular formula is C21H17ClFN3O2. The molecule has 0 aliphatic rings. The first-order valence-corrected chi connectivity index (χ1v) is 8.86. The summed E-state index contributed by atoms with van der Waals surface area (Å²) in [7, 11) is 0. The van der Waals surface area contributed by atoms with Crippen LogP contribution in [0.25, 0.3) is 6.08 Å². The van der Waals surface area contributed by atoms with Crippen molar-refractivity contribution in [3.05, 3.63) is 89.1 Å². The van der Waals surface area contributed by atoms with E-state index >= 15 is 0 Å². The minimum atomic E-state index is -0.488. The Morgan fingerprint density at radius 2 is 2.11 bits per heavy atom. The number of ether oxygens (including phenoxy) is 1. The zero-order valence-electron chi connectivity index (χ0n) is 15.0. The van der Waals surface area contributed by atoms with E-state index in [1.54, 1.807) is 18.3 Å². The number of carbonyl (C=O) groups excluding carboxylic acids is 1. The molecule has 142 valence electrons. The summed E-state index contributed by atoms with van der Waals surface area (Å²) in [5.74, 6) is 0.127. The van der Waals surface area contributed by atoms with Crippen LogP contribution in [0.5, 0.6) is 11.6 Å². The smallest absolute Gasteiger partial charge is 0.244 e. The van der Waals surface area contributed by atoms with Gasteiger partial charge < -0.3 is 10.1 Å². The first kappa shape index (κ1) is 19.5. The van der Waals surface area contributed by atoms with Gasteiger partial charge in [0.15, 0.2) is 0 Å². The van der Waals surface area contributed by atoms with Crippen LogP contribution in [-0.4, -0.2) is 15.9 Å². The molecule has 0 radical (unpaired) electrons. The van der Waals surface area contributed by atoms with Crippen molar-refractivity contribution in [2.75, 3.05) is 0 Å². The fourth-order valence-electron chi connectivity index (χ4n) is 2.45. The summed E-state index contributed by atoms with van der Waals surface area (Å²) in [6, 6.07) is 11.3. The number of rotatable bonds is 6. The number of carbonyl (C=O) groups is 1. The van der Waals surface area contributed by atoms with Gasteiger partial charge in [-0.05, 0) is 42.8 Å². The number of hydrogen-bond donors (Lipinski definition) is 1. The van der Waals surface area contributed by atoms with Crippen LogP contribution in [0, 0.1) is 5.82 Å². The fourth-order valence-corrected chi connectivity index (χ4v) is 2.61. The van der Waals surface area contributed by atoms with E-state index < -0.39 is 5.82 Å². The number of nitrogens with one attached hydrogen (secondary N) is 1. The molecule has 0 saturated carbocycles. The SMILES string of the molecule is CC(NC(=O)/C=C/c1ccc(Cl)cc1F)c1cccc(Oc2cnccn2)c1. The molecular weight excluding hydrogens is 381 g/mol. The van der Waals surface area contributed by atoms with Crippen molar-refractivity contribution in [1.82, 2.24) is 15.3 Å². The second-order valence-electron chi connectivity index (χ2n) is 5.95. The summed E-state index contributed by atoms with van der Waals surface area (Å²) in [5.41, 5.74) is 1.13. The fraction of sp³-hybridized carbons (Fsp3) is 0.0952. The molecule has 1 atom stereocenters. The number of nitrogens with zero attached hydrogens (tertiary/aromatic N) is 2. The Hall–Kier alpha value is -3.25. The molecule has 1 heterocycles. The third-order valence-electron chi connectivity index (χ3n) is 3.86. The molecule has 0 aliphatic carbocycles. The van der Waals surface area contributed by atoms with E-state index in [1.807, 2.05) is 25.1 Å². The van der Waals surface area contributed by atoms with Gasteiger partial charge in [0, 0.05) is 29.1 Å². The highest BCUT2D eigenvalue weighted by Crippen LogP contribution is 2.23. The van der Waals surface area contributed by atoms with Crippen molar-refractivity contribution < 1.29 is 13.9 Å². The van der Waals surface area contributed by atoms with E-state index in [2.05, 4.69) is 15.3 Å². The predicted octanol–water partition coefficient (Wildman–Crippen LogP) is 4.95. The lowest BCUT2D eigenvalue weighted by molar-refractivity contribution is -0.117. The molecule has 1 N–H and O–H groups in total. The summed E-state index contributed by atoms with van der Waals surface area (Å²) >= 11 is 5.72. The Morgan fingerprint density at radius 1 is 1.25 bits per heavy atom. The Balaban J connectivity index is 1.63. The van der Waals surface area contributed by atoms with Gasteiger partial charge in [-0.3, -0.25) is 9.78 Å². The average molecular weight is 398 g/mol. The second-order valence-corrected chi connectivity index (χ2v) is 6.38. The normalized spacial score (nSPS) is 12.0. The molecule has 0 spiro atoms. The zero-order chi connectivity index (χ0) is 19.9. The van der Waals surface area contributed by atoms with Gasteiger partial charge in [0.1, 0.15) is 11.6 Å². The summed E-state index contributed by atoms with van der Waals surface area (Å²) in [4.78, 5) is 20.2. The van der Waals surface area contributed by atoms with Gasteiger partial charge in [-0.2, -0.15) is 0 Å². The molecule has 28 heavy (non-hydrogen) atoms. The van der Waals surface area contributed by atoms with Gasteiger partial charge in [-0.15, -0.1) is 0 Å². The van der Waals surface area contributed by atoms with Crippen LogP contribution in [-0.2, 0) is 4.79 Å². The molecule has 0 bridgehead atoms. The van der Waals surface area contributed by atoms with E-state index in [1.165, 1.54) is 36.7 Å². The standard InChI is InChI=1S/C21H17ClFN3O2/c1-14(26-20(27)8-6-15-5-7-17(22)12-19(15)23)16-3-2-4-18(11-16)28-21-13-24-9-10-25-21/h2-14H,1H3,(H,26,27)/b8-6+. The van der Waals surface area contributed by atoms with Crippen molar-refractivity contribution in [2.45, 2.75) is 13.0 Å². The van der Waals surface area contributed by atoms with Gasteiger partial charge in [-0.25, -0.2) is 9.37 Å². The lowest BCUT2D eigenvalue weighted by atomic mass is 10.1. The molecule has 1 amide bonds. The summed E-state index contributed by atoms with van der Waals surface area (Å²) < 4.78 is 19.4. The molecule has 7 heteroatoms. The molecule has 5 nitrogen and oxygen atoms in total. The van der Waals surface area contributed by atoms with Crippen LogP contribution >= 0.6 is 11.6 Å². The van der Waals surface area contributed by atoms with Crippen LogP contribution in [0.2, 0.25) is 5.02 Å². The Bertz CT molecular complexity index is 996. The van der Waals surface area contributed by atoms with Gasteiger partial charge in [0.25, 0.3) is 0 Å². The lowest BCUT2D eigenvalue weighted by Gasteiger charge is -2.14. The first-order valence-electron chi connectivity index (χ1n) is 8.49. The van der Waals surface area contributed by atoms with Gasteiger partial charge in [0.05, 0.1) is 12.2 Å². The summed E-state index contributed by atoms with van der Waals surface area (Å²) in [5, 5.41) is 3.13. The number of halogens is 2. The largest absolute Gasteiger partial charge is 0.437 e. The van der Waals surface area contributed by atoms with Crippen molar-refractivity contribution in [3.8, 4) is 11.6 Å². The van der Waals surface area contributed by atoms with E-state index in [9.17, 15) is 9.18 Å². The number of aromatic nitrogens is 2. The topological polar surface area (TPSA) is 64.1 Å². The molecule has 1 unspecified atom stereocenters. The van der Waals surface area contributed by atoms with Gasteiger partial charge in [0.2, 0.25) is 11.8 Å². The molecule has 3 rings (SSSR count). The van der Waals surface area contributed by atoms with Crippen LogP contribution in [0.15, 0.2) is 67.1 Å². The first-order chi connectivity index (χ1) is 13.5. The number of benzene rings is 2. The van der Waals surface area contributed by atoms with Crippen molar-refractivity contribution in [2.24, 2.45) is 0 Å². The summed E-state index contributed by atoms with van der Waals surface area (Å²) in [6.45, 7) is 1.84. The molecule has 0 fully saturated rings. The van der Waals surface area contributed by atoms with Crippen LogP contribution < -0.4 is 10.1 Å². The second kappa shape index (κ2) is 9.10. The van der Waals surface area contributed by atoms with Crippen LogP contribution in [0.4, 0.5) is 4.39 Å². The molecule has 3 aromatic rings. The van der Waals surface area contributed by atoms with E-state index in [4.69, 9.17) is 16.3 Å². The molecule has 2 aromatic carbocycles. The van der Waals surface area contributed by atoms with Gasteiger partial charge >= 0.3 is 0 Å². The highest BCUT2D eigenvalue weighted by Gasteiger charge is 2.09. The van der Waals surface area contributed by atoms with Gasteiger partial charge in [-0.1, -0.05) is 29.8 Å². The maximum Gasteiger partial charge on any atom is 0.244 e. The number of amides is 1.